The summed E-state index contributed by atoms with van der Waals surface area (Å²) in [5.41, 5.74) is 1.98. The molecule has 1 saturated heterocycles. The van der Waals surface area contributed by atoms with Gasteiger partial charge in [-0.05, 0) is 44.4 Å². The van der Waals surface area contributed by atoms with Gasteiger partial charge in [-0.1, -0.05) is 23.7 Å². The van der Waals surface area contributed by atoms with Gasteiger partial charge in [0.1, 0.15) is 4.90 Å². The van der Waals surface area contributed by atoms with E-state index in [1.807, 2.05) is 24.3 Å². The summed E-state index contributed by atoms with van der Waals surface area (Å²) in [5, 5.41) is 4.96. The van der Waals surface area contributed by atoms with Gasteiger partial charge in [0.2, 0.25) is 10.0 Å². The maximum Gasteiger partial charge on any atom is 0.246 e. The Morgan fingerprint density at radius 2 is 1.78 bits per heavy atom. The number of aryl methyl sites for hydroxylation is 2. The number of methoxy groups -OCH3 is 1. The van der Waals surface area contributed by atoms with Gasteiger partial charge < -0.3 is 4.74 Å². The first-order chi connectivity index (χ1) is 12.7. The average molecular weight is 412 g/mol. The fraction of sp³-hybridized carbons (Fsp3) is 0.526. The lowest BCUT2D eigenvalue weighted by molar-refractivity contribution is -0.0448. The second-order valence-electron chi connectivity index (χ2n) is 7.22. The first-order valence-electron chi connectivity index (χ1n) is 8.98. The summed E-state index contributed by atoms with van der Waals surface area (Å²) in [6.45, 7) is 4.38. The van der Waals surface area contributed by atoms with Gasteiger partial charge in [0, 0.05) is 38.7 Å². The summed E-state index contributed by atoms with van der Waals surface area (Å²) < 4.78 is 35.3. The van der Waals surface area contributed by atoms with Crippen molar-refractivity contribution in [2.24, 2.45) is 7.05 Å². The van der Waals surface area contributed by atoms with Crippen molar-refractivity contribution in [3.63, 3.8) is 0 Å². The van der Waals surface area contributed by atoms with Crippen LogP contribution in [0.2, 0.25) is 5.02 Å². The number of rotatable bonds is 5. The van der Waals surface area contributed by atoms with Gasteiger partial charge in [-0.3, -0.25) is 4.68 Å². The topological polar surface area (TPSA) is 64.4 Å². The molecule has 0 unspecified atom stereocenters. The number of halogens is 1. The minimum absolute atomic E-state index is 0.326. The van der Waals surface area contributed by atoms with E-state index in [9.17, 15) is 8.42 Å². The Kier molecular flexibility index (Phi) is 5.68. The maximum atomic E-state index is 13.2. The second-order valence-corrected chi connectivity index (χ2v) is 9.53. The molecule has 0 aliphatic carbocycles. The molecule has 6 nitrogen and oxygen atoms in total. The van der Waals surface area contributed by atoms with E-state index in [2.05, 4.69) is 5.10 Å². The SMILES string of the molecule is COC1(Cc2ccc(Cl)cc2)CCN(S(=O)(=O)c2c(C)nn(C)c2C)CC1. The van der Waals surface area contributed by atoms with Gasteiger partial charge in [0.25, 0.3) is 0 Å². The van der Waals surface area contributed by atoms with Crippen molar-refractivity contribution >= 4 is 21.6 Å². The number of piperidine rings is 1. The van der Waals surface area contributed by atoms with Gasteiger partial charge in [-0.15, -0.1) is 0 Å². The van der Waals surface area contributed by atoms with E-state index >= 15 is 0 Å². The minimum atomic E-state index is -3.56. The number of sulfonamides is 1. The smallest absolute Gasteiger partial charge is 0.246 e. The monoisotopic (exact) mass is 411 g/mol. The van der Waals surface area contributed by atoms with Crippen LogP contribution in [0.5, 0.6) is 0 Å². The summed E-state index contributed by atoms with van der Waals surface area (Å²) >= 11 is 5.97. The molecule has 3 rings (SSSR count). The molecule has 27 heavy (non-hydrogen) atoms. The zero-order valence-electron chi connectivity index (χ0n) is 16.2. The van der Waals surface area contributed by atoms with Crippen LogP contribution in [0, 0.1) is 13.8 Å². The lowest BCUT2D eigenvalue weighted by atomic mass is 9.86. The van der Waals surface area contributed by atoms with Crippen LogP contribution >= 0.6 is 11.6 Å². The third-order valence-corrected chi connectivity index (χ3v) is 7.95. The molecular formula is C19H26ClN3O3S. The van der Waals surface area contributed by atoms with Crippen LogP contribution in [0.3, 0.4) is 0 Å². The molecule has 0 bridgehead atoms. The highest BCUT2D eigenvalue weighted by molar-refractivity contribution is 7.89. The molecule has 1 fully saturated rings. The molecule has 8 heteroatoms. The number of benzene rings is 1. The summed E-state index contributed by atoms with van der Waals surface area (Å²) in [5.74, 6) is 0. The number of hydrogen-bond donors (Lipinski definition) is 0. The molecule has 1 aromatic heterocycles. The lowest BCUT2D eigenvalue weighted by Gasteiger charge is -2.40. The van der Waals surface area contributed by atoms with E-state index in [4.69, 9.17) is 16.3 Å². The van der Waals surface area contributed by atoms with Gasteiger partial charge in [0.05, 0.1) is 17.0 Å². The quantitative estimate of drug-likeness (QED) is 0.758. The van der Waals surface area contributed by atoms with Gasteiger partial charge in [-0.2, -0.15) is 9.40 Å². The first kappa shape index (κ1) is 20.3. The number of hydrogen-bond acceptors (Lipinski definition) is 4. The predicted octanol–water partition coefficient (Wildman–Crippen LogP) is 3.10. The fourth-order valence-electron chi connectivity index (χ4n) is 3.82. The van der Waals surface area contributed by atoms with Crippen LogP contribution in [0.4, 0.5) is 0 Å². The van der Waals surface area contributed by atoms with Crippen molar-refractivity contribution in [1.29, 1.82) is 0 Å². The van der Waals surface area contributed by atoms with Crippen LogP contribution in [-0.4, -0.2) is 48.3 Å². The molecule has 0 saturated carbocycles. The highest BCUT2D eigenvalue weighted by Crippen LogP contribution is 2.33. The van der Waals surface area contributed by atoms with E-state index in [1.54, 1.807) is 37.0 Å². The molecule has 1 aliphatic rings. The molecule has 0 amide bonds. The molecule has 1 aromatic carbocycles. The van der Waals surface area contributed by atoms with E-state index in [0.29, 0.717) is 47.2 Å². The Morgan fingerprint density at radius 1 is 1.19 bits per heavy atom. The molecule has 2 heterocycles. The Hall–Kier alpha value is -1.41. The third-order valence-electron chi connectivity index (χ3n) is 5.55. The average Bonchev–Trinajstić information content (AvgIpc) is 2.90. The molecule has 0 spiro atoms. The predicted molar refractivity (Wildman–Crippen MR) is 106 cm³/mol. The highest BCUT2D eigenvalue weighted by Gasteiger charge is 2.40. The fourth-order valence-corrected chi connectivity index (χ4v) is 5.79. The highest BCUT2D eigenvalue weighted by atomic mass is 35.5. The molecule has 0 radical (unpaired) electrons. The normalized spacial score (nSPS) is 18.0. The van der Waals surface area contributed by atoms with Gasteiger partial charge in [0.15, 0.2) is 0 Å². The summed E-state index contributed by atoms with van der Waals surface area (Å²) in [6, 6.07) is 7.73. The van der Waals surface area contributed by atoms with E-state index in [0.717, 1.165) is 12.0 Å². The Bertz CT molecular complexity index is 914. The van der Waals surface area contributed by atoms with E-state index < -0.39 is 10.0 Å². The zero-order chi connectivity index (χ0) is 19.8. The van der Waals surface area contributed by atoms with Crippen molar-refractivity contribution in [1.82, 2.24) is 14.1 Å². The molecule has 0 atom stereocenters. The summed E-state index contributed by atoms with van der Waals surface area (Å²) in [4.78, 5) is 0.326. The van der Waals surface area contributed by atoms with Crippen molar-refractivity contribution in [2.45, 2.75) is 43.6 Å². The second kappa shape index (κ2) is 7.54. The number of ether oxygens (including phenoxy) is 1. The Labute approximate surface area is 166 Å². The number of nitrogens with zero attached hydrogens (tertiary/aromatic N) is 3. The molecule has 2 aromatic rings. The van der Waals surface area contributed by atoms with Gasteiger partial charge in [-0.25, -0.2) is 8.42 Å². The molecule has 0 N–H and O–H groups in total. The third kappa shape index (κ3) is 3.92. The zero-order valence-corrected chi connectivity index (χ0v) is 17.8. The minimum Gasteiger partial charge on any atom is -0.378 e. The van der Waals surface area contributed by atoms with Crippen molar-refractivity contribution in [3.05, 3.63) is 46.2 Å². The summed E-state index contributed by atoms with van der Waals surface area (Å²) in [6.07, 6.45) is 2.02. The Balaban J connectivity index is 1.77. The standard InChI is InChI=1S/C19H26ClN3O3S/c1-14-18(15(2)22(3)21-14)27(24,25)23-11-9-19(26-4,10-12-23)13-16-5-7-17(20)8-6-16/h5-8H,9-13H2,1-4H3. The van der Waals surface area contributed by atoms with Crippen LogP contribution < -0.4 is 0 Å². The largest absolute Gasteiger partial charge is 0.378 e. The molecule has 148 valence electrons. The first-order valence-corrected chi connectivity index (χ1v) is 10.8. The molecular weight excluding hydrogens is 386 g/mol. The lowest BCUT2D eigenvalue weighted by Crippen LogP contribution is -2.48. The Morgan fingerprint density at radius 3 is 2.26 bits per heavy atom. The number of aromatic nitrogens is 2. The van der Waals surface area contributed by atoms with Gasteiger partial charge >= 0.3 is 0 Å². The van der Waals surface area contributed by atoms with Crippen LogP contribution in [0.1, 0.15) is 29.8 Å². The van der Waals surface area contributed by atoms with Crippen LogP contribution in [0.15, 0.2) is 29.2 Å². The van der Waals surface area contributed by atoms with Crippen molar-refractivity contribution in [3.8, 4) is 0 Å². The van der Waals surface area contributed by atoms with E-state index in [-0.39, 0.29) is 5.60 Å². The summed E-state index contributed by atoms with van der Waals surface area (Å²) in [7, 11) is -0.0951. The van der Waals surface area contributed by atoms with Crippen LogP contribution in [0.25, 0.3) is 0 Å². The van der Waals surface area contributed by atoms with Crippen LogP contribution in [-0.2, 0) is 28.2 Å². The van der Waals surface area contributed by atoms with Crippen molar-refractivity contribution in [2.75, 3.05) is 20.2 Å². The maximum absolute atomic E-state index is 13.2. The van der Waals surface area contributed by atoms with Crippen molar-refractivity contribution < 1.29 is 13.2 Å². The van der Waals surface area contributed by atoms with E-state index in [1.165, 1.54) is 0 Å². The molecule has 1 aliphatic heterocycles.